The van der Waals surface area contributed by atoms with E-state index in [2.05, 4.69) is 6.92 Å². The van der Waals surface area contributed by atoms with E-state index in [-0.39, 0.29) is 17.9 Å². The predicted octanol–water partition coefficient (Wildman–Crippen LogP) is 1.37. The minimum atomic E-state index is -0.314. The smallest absolute Gasteiger partial charge is 0.239 e. The van der Waals surface area contributed by atoms with Crippen molar-refractivity contribution < 1.29 is 4.79 Å². The van der Waals surface area contributed by atoms with Crippen molar-refractivity contribution in [3.8, 4) is 0 Å². The van der Waals surface area contributed by atoms with Gasteiger partial charge in [-0.05, 0) is 25.2 Å². The summed E-state index contributed by atoms with van der Waals surface area (Å²) in [6.45, 7) is 4.11. The summed E-state index contributed by atoms with van der Waals surface area (Å²) in [5.74, 6) is 0.397. The van der Waals surface area contributed by atoms with E-state index in [1.54, 1.807) is 0 Å². The van der Waals surface area contributed by atoms with Crippen LogP contribution in [0.2, 0.25) is 0 Å². The molecule has 0 spiro atoms. The molecule has 0 aliphatic heterocycles. The number of carbonyl (C=O) groups excluding carboxylic acids is 1. The number of hydrogen-bond donors (Lipinski definition) is 1. The fourth-order valence-corrected chi connectivity index (χ4v) is 1.69. The van der Waals surface area contributed by atoms with Gasteiger partial charge in [0, 0.05) is 13.1 Å². The van der Waals surface area contributed by atoms with E-state index in [1.807, 2.05) is 18.9 Å². The number of rotatable bonds is 4. The lowest BCUT2D eigenvalue weighted by Crippen LogP contribution is -2.51. The van der Waals surface area contributed by atoms with Crippen LogP contribution in [-0.4, -0.2) is 29.9 Å². The predicted molar refractivity (Wildman–Crippen MR) is 57.8 cm³/mol. The van der Waals surface area contributed by atoms with E-state index in [0.29, 0.717) is 6.04 Å². The van der Waals surface area contributed by atoms with Gasteiger partial charge in [-0.3, -0.25) is 4.79 Å². The molecular weight excluding hydrogens is 176 g/mol. The first-order chi connectivity index (χ1) is 6.57. The van der Waals surface area contributed by atoms with Gasteiger partial charge in [-0.25, -0.2) is 0 Å². The second-order valence-corrected chi connectivity index (χ2v) is 4.45. The van der Waals surface area contributed by atoms with E-state index in [0.717, 1.165) is 19.3 Å². The molecule has 0 aromatic heterocycles. The molecule has 1 aliphatic carbocycles. The largest absolute Gasteiger partial charge is 0.341 e. The molecule has 1 saturated carbocycles. The number of carbonyl (C=O) groups is 1. The summed E-state index contributed by atoms with van der Waals surface area (Å²) in [5.41, 5.74) is 5.90. The highest BCUT2D eigenvalue weighted by Crippen LogP contribution is 2.24. The zero-order valence-electron chi connectivity index (χ0n) is 9.49. The van der Waals surface area contributed by atoms with Crippen molar-refractivity contribution in [2.24, 2.45) is 11.7 Å². The number of hydrogen-bond acceptors (Lipinski definition) is 2. The van der Waals surface area contributed by atoms with Gasteiger partial charge in [-0.2, -0.15) is 0 Å². The van der Waals surface area contributed by atoms with Crippen LogP contribution in [0.5, 0.6) is 0 Å². The molecule has 2 N–H and O–H groups in total. The molecule has 1 rings (SSSR count). The van der Waals surface area contributed by atoms with Crippen LogP contribution in [-0.2, 0) is 4.79 Å². The van der Waals surface area contributed by atoms with E-state index in [4.69, 9.17) is 5.73 Å². The molecule has 2 atom stereocenters. The van der Waals surface area contributed by atoms with Gasteiger partial charge >= 0.3 is 0 Å². The van der Waals surface area contributed by atoms with Gasteiger partial charge in [0.05, 0.1) is 6.04 Å². The van der Waals surface area contributed by atoms with E-state index < -0.39 is 0 Å². The summed E-state index contributed by atoms with van der Waals surface area (Å²) in [7, 11) is 1.88. The van der Waals surface area contributed by atoms with Crippen molar-refractivity contribution in [2.45, 2.75) is 51.6 Å². The molecule has 14 heavy (non-hydrogen) atoms. The Kier molecular flexibility index (Phi) is 3.93. The SMILES string of the molecule is CCC(C)C(N)C(=O)N(C)C1CCC1. The van der Waals surface area contributed by atoms with Crippen molar-refractivity contribution in [1.82, 2.24) is 4.90 Å². The quantitative estimate of drug-likeness (QED) is 0.741. The third-order valence-electron chi connectivity index (χ3n) is 3.51. The highest BCUT2D eigenvalue weighted by Gasteiger charge is 2.30. The maximum absolute atomic E-state index is 11.9. The maximum Gasteiger partial charge on any atom is 0.239 e. The fourth-order valence-electron chi connectivity index (χ4n) is 1.69. The van der Waals surface area contributed by atoms with Crippen LogP contribution >= 0.6 is 0 Å². The van der Waals surface area contributed by atoms with Gasteiger partial charge in [-0.1, -0.05) is 20.3 Å². The molecule has 3 nitrogen and oxygen atoms in total. The lowest BCUT2D eigenvalue weighted by atomic mass is 9.90. The second-order valence-electron chi connectivity index (χ2n) is 4.45. The molecule has 0 bridgehead atoms. The topological polar surface area (TPSA) is 46.3 Å². The van der Waals surface area contributed by atoms with Crippen LogP contribution in [0.4, 0.5) is 0 Å². The Hall–Kier alpha value is -0.570. The Morgan fingerprint density at radius 1 is 1.57 bits per heavy atom. The Bertz CT molecular complexity index is 189. The van der Waals surface area contributed by atoms with Crippen molar-refractivity contribution in [1.29, 1.82) is 0 Å². The van der Waals surface area contributed by atoms with Gasteiger partial charge in [0.25, 0.3) is 0 Å². The maximum atomic E-state index is 11.9. The Morgan fingerprint density at radius 3 is 2.50 bits per heavy atom. The van der Waals surface area contributed by atoms with Crippen LogP contribution in [0.1, 0.15) is 39.5 Å². The molecule has 3 heteroatoms. The molecule has 0 heterocycles. The van der Waals surface area contributed by atoms with Gasteiger partial charge in [0.15, 0.2) is 0 Å². The first-order valence-corrected chi connectivity index (χ1v) is 5.60. The summed E-state index contributed by atoms with van der Waals surface area (Å²) in [6, 6.07) is 0.142. The number of likely N-dealkylation sites (N-methyl/N-ethyl adjacent to an activating group) is 1. The molecule has 0 aromatic carbocycles. The summed E-state index contributed by atoms with van der Waals surface area (Å²) < 4.78 is 0. The number of amides is 1. The standard InChI is InChI=1S/C11H22N2O/c1-4-8(2)10(12)11(14)13(3)9-6-5-7-9/h8-10H,4-7,12H2,1-3H3. The van der Waals surface area contributed by atoms with Crippen molar-refractivity contribution in [3.05, 3.63) is 0 Å². The highest BCUT2D eigenvalue weighted by atomic mass is 16.2. The summed E-state index contributed by atoms with van der Waals surface area (Å²) in [5, 5.41) is 0. The molecule has 82 valence electrons. The van der Waals surface area contributed by atoms with Gasteiger partial charge < -0.3 is 10.6 Å². The molecule has 0 aromatic rings. The molecule has 1 amide bonds. The minimum Gasteiger partial charge on any atom is -0.341 e. The third kappa shape index (κ3) is 2.27. The van der Waals surface area contributed by atoms with E-state index in [9.17, 15) is 4.79 Å². The van der Waals surface area contributed by atoms with E-state index in [1.165, 1.54) is 6.42 Å². The zero-order valence-corrected chi connectivity index (χ0v) is 9.49. The average molecular weight is 198 g/mol. The summed E-state index contributed by atoms with van der Waals surface area (Å²) in [6.07, 6.45) is 4.51. The lowest BCUT2D eigenvalue weighted by Gasteiger charge is -2.37. The van der Waals surface area contributed by atoms with Crippen LogP contribution in [0.15, 0.2) is 0 Å². The van der Waals surface area contributed by atoms with Gasteiger partial charge in [0.2, 0.25) is 5.91 Å². The first-order valence-electron chi connectivity index (χ1n) is 5.60. The first kappa shape index (κ1) is 11.5. The molecule has 1 fully saturated rings. The third-order valence-corrected chi connectivity index (χ3v) is 3.51. The lowest BCUT2D eigenvalue weighted by molar-refractivity contribution is -0.136. The van der Waals surface area contributed by atoms with E-state index >= 15 is 0 Å². The van der Waals surface area contributed by atoms with Gasteiger partial charge in [-0.15, -0.1) is 0 Å². The van der Waals surface area contributed by atoms with Crippen molar-refractivity contribution in [2.75, 3.05) is 7.05 Å². The van der Waals surface area contributed by atoms with Crippen molar-refractivity contribution >= 4 is 5.91 Å². The fraction of sp³-hybridized carbons (Fsp3) is 0.909. The van der Waals surface area contributed by atoms with Crippen molar-refractivity contribution in [3.63, 3.8) is 0 Å². The summed E-state index contributed by atoms with van der Waals surface area (Å²) in [4.78, 5) is 13.7. The molecule has 0 saturated heterocycles. The molecule has 1 aliphatic rings. The monoisotopic (exact) mass is 198 g/mol. The minimum absolute atomic E-state index is 0.115. The molecule has 0 radical (unpaired) electrons. The second kappa shape index (κ2) is 4.78. The Balaban J connectivity index is 2.46. The molecular formula is C11H22N2O. The summed E-state index contributed by atoms with van der Waals surface area (Å²) >= 11 is 0. The Morgan fingerprint density at radius 2 is 2.14 bits per heavy atom. The number of nitrogens with two attached hydrogens (primary N) is 1. The average Bonchev–Trinajstić information content (AvgIpc) is 2.11. The van der Waals surface area contributed by atoms with Crippen LogP contribution in [0.25, 0.3) is 0 Å². The van der Waals surface area contributed by atoms with Crippen LogP contribution in [0.3, 0.4) is 0 Å². The van der Waals surface area contributed by atoms with Gasteiger partial charge in [0.1, 0.15) is 0 Å². The van der Waals surface area contributed by atoms with Crippen LogP contribution in [0, 0.1) is 5.92 Å². The number of nitrogens with zero attached hydrogens (tertiary/aromatic N) is 1. The normalized spacial score (nSPS) is 21.1. The zero-order chi connectivity index (χ0) is 10.7. The van der Waals surface area contributed by atoms with Crippen LogP contribution < -0.4 is 5.73 Å². The Labute approximate surface area is 86.6 Å². The molecule has 2 unspecified atom stereocenters. The highest BCUT2D eigenvalue weighted by molar-refractivity contribution is 5.82.